The van der Waals surface area contributed by atoms with Crippen molar-refractivity contribution < 1.29 is 22.3 Å². The smallest absolute Gasteiger partial charge is 0.261 e. The van der Waals surface area contributed by atoms with Crippen molar-refractivity contribution >= 4 is 33.2 Å². The molecule has 2 N–H and O–H groups in total. The summed E-state index contributed by atoms with van der Waals surface area (Å²) in [5.74, 6) is -0.651. The predicted molar refractivity (Wildman–Crippen MR) is 117 cm³/mol. The first kappa shape index (κ1) is 22.6. The molecule has 0 bridgehead atoms. The van der Waals surface area contributed by atoms with Gasteiger partial charge in [-0.2, -0.15) is 0 Å². The second-order valence-electron chi connectivity index (χ2n) is 6.69. The highest BCUT2D eigenvalue weighted by Gasteiger charge is 2.17. The topological polar surface area (TPSA) is 84.5 Å². The van der Waals surface area contributed by atoms with Crippen molar-refractivity contribution in [3.63, 3.8) is 0 Å². The summed E-state index contributed by atoms with van der Waals surface area (Å²) in [7, 11) is -3.93. The van der Waals surface area contributed by atoms with Gasteiger partial charge in [-0.15, -0.1) is 0 Å². The van der Waals surface area contributed by atoms with Crippen LogP contribution in [-0.4, -0.2) is 20.9 Å². The number of carbonyl (C=O) groups is 1. The summed E-state index contributed by atoms with van der Waals surface area (Å²) in [6, 6.07) is 18.1. The van der Waals surface area contributed by atoms with Crippen LogP contribution in [0, 0.1) is 5.82 Å². The summed E-state index contributed by atoms with van der Waals surface area (Å²) in [4.78, 5) is 12.1. The summed E-state index contributed by atoms with van der Waals surface area (Å²) in [6.07, 6.45) is 0. The third-order valence-corrected chi connectivity index (χ3v) is 6.02. The SMILES string of the molecule is C[C@H](NC(=O)COc1ccc(S(=O)(=O)Nc2ccc(F)cc2)cc1Cl)c1ccccc1. The van der Waals surface area contributed by atoms with E-state index in [0.717, 1.165) is 17.7 Å². The van der Waals surface area contributed by atoms with Crippen LogP contribution in [0.2, 0.25) is 5.02 Å². The molecule has 0 heterocycles. The molecule has 0 saturated carbocycles. The molecule has 0 aliphatic carbocycles. The summed E-state index contributed by atoms with van der Waals surface area (Å²) < 4.78 is 45.8. The fraction of sp³-hybridized carbons (Fsp3) is 0.136. The summed E-state index contributed by atoms with van der Waals surface area (Å²) in [5, 5.41) is 2.85. The average Bonchev–Trinajstić information content (AvgIpc) is 2.75. The molecule has 6 nitrogen and oxygen atoms in total. The second kappa shape index (κ2) is 9.80. The summed E-state index contributed by atoms with van der Waals surface area (Å²) in [6.45, 7) is 1.57. The molecule has 0 aromatic heterocycles. The molecule has 3 aromatic carbocycles. The van der Waals surface area contributed by atoms with Crippen LogP contribution in [0.1, 0.15) is 18.5 Å². The maximum Gasteiger partial charge on any atom is 0.261 e. The van der Waals surface area contributed by atoms with Gasteiger partial charge >= 0.3 is 0 Å². The van der Waals surface area contributed by atoms with E-state index in [-0.39, 0.29) is 39.9 Å². The standard InChI is InChI=1S/C22H20ClFN2O4S/c1-15(16-5-3-2-4-6-16)25-22(27)14-30-21-12-11-19(13-20(21)23)31(28,29)26-18-9-7-17(24)8-10-18/h2-13,15,26H,14H2,1H3,(H,25,27)/t15-/m0/s1. The fourth-order valence-electron chi connectivity index (χ4n) is 2.75. The maximum atomic E-state index is 13.0. The van der Waals surface area contributed by atoms with Crippen molar-refractivity contribution in [1.82, 2.24) is 5.32 Å². The molecular formula is C22H20ClFN2O4S. The molecule has 0 saturated heterocycles. The Balaban J connectivity index is 1.61. The van der Waals surface area contributed by atoms with Crippen LogP contribution >= 0.6 is 11.6 Å². The quantitative estimate of drug-likeness (QED) is 0.515. The van der Waals surface area contributed by atoms with Crippen molar-refractivity contribution in [1.29, 1.82) is 0 Å². The largest absolute Gasteiger partial charge is 0.482 e. The lowest BCUT2D eigenvalue weighted by Crippen LogP contribution is -2.31. The van der Waals surface area contributed by atoms with E-state index in [0.29, 0.717) is 0 Å². The third kappa shape index (κ3) is 6.19. The minimum absolute atomic E-state index is 0.0332. The zero-order valence-electron chi connectivity index (χ0n) is 16.5. The average molecular weight is 463 g/mol. The number of ether oxygens (including phenoxy) is 1. The lowest BCUT2D eigenvalue weighted by molar-refractivity contribution is -0.123. The van der Waals surface area contributed by atoms with E-state index in [9.17, 15) is 17.6 Å². The highest BCUT2D eigenvalue weighted by molar-refractivity contribution is 7.92. The Bertz CT molecular complexity index is 1160. The Kier molecular flexibility index (Phi) is 7.14. The number of benzene rings is 3. The number of halogens is 2. The van der Waals surface area contributed by atoms with Gasteiger partial charge in [0.25, 0.3) is 15.9 Å². The Morgan fingerprint density at radius 2 is 1.74 bits per heavy atom. The first-order valence-corrected chi connectivity index (χ1v) is 11.2. The molecular weight excluding hydrogens is 443 g/mol. The number of nitrogens with one attached hydrogen (secondary N) is 2. The van der Waals surface area contributed by atoms with E-state index in [2.05, 4.69) is 10.0 Å². The van der Waals surface area contributed by atoms with E-state index in [1.165, 1.54) is 30.3 Å². The summed E-state index contributed by atoms with van der Waals surface area (Å²) in [5.41, 5.74) is 1.17. The van der Waals surface area contributed by atoms with Crippen molar-refractivity contribution in [2.24, 2.45) is 0 Å². The van der Waals surface area contributed by atoms with Gasteiger partial charge in [0.15, 0.2) is 6.61 Å². The first-order valence-electron chi connectivity index (χ1n) is 9.29. The minimum atomic E-state index is -3.93. The molecule has 0 unspecified atom stereocenters. The van der Waals surface area contributed by atoms with Gasteiger partial charge in [0.1, 0.15) is 11.6 Å². The number of carbonyl (C=O) groups excluding carboxylic acids is 1. The van der Waals surface area contributed by atoms with Crippen LogP contribution < -0.4 is 14.8 Å². The number of anilines is 1. The van der Waals surface area contributed by atoms with Gasteiger partial charge in [0.05, 0.1) is 16.0 Å². The van der Waals surface area contributed by atoms with Gasteiger partial charge in [-0.05, 0) is 55.0 Å². The molecule has 0 radical (unpaired) electrons. The Morgan fingerprint density at radius 1 is 1.06 bits per heavy atom. The molecule has 162 valence electrons. The van der Waals surface area contributed by atoms with Gasteiger partial charge in [-0.1, -0.05) is 41.9 Å². The Morgan fingerprint density at radius 3 is 2.39 bits per heavy atom. The molecule has 0 spiro atoms. The molecule has 1 atom stereocenters. The summed E-state index contributed by atoms with van der Waals surface area (Å²) >= 11 is 6.15. The van der Waals surface area contributed by atoms with Gasteiger partial charge < -0.3 is 10.1 Å². The van der Waals surface area contributed by atoms with Crippen LogP contribution in [-0.2, 0) is 14.8 Å². The maximum absolute atomic E-state index is 13.0. The highest BCUT2D eigenvalue weighted by Crippen LogP contribution is 2.28. The van der Waals surface area contributed by atoms with Gasteiger partial charge in [-0.25, -0.2) is 12.8 Å². The highest BCUT2D eigenvalue weighted by atomic mass is 35.5. The second-order valence-corrected chi connectivity index (χ2v) is 8.78. The minimum Gasteiger partial charge on any atom is -0.482 e. The van der Waals surface area contributed by atoms with Crippen molar-refractivity contribution in [2.45, 2.75) is 17.9 Å². The molecule has 0 aliphatic heterocycles. The van der Waals surface area contributed by atoms with Crippen LogP contribution in [0.3, 0.4) is 0 Å². The van der Waals surface area contributed by atoms with Crippen molar-refractivity contribution in [3.05, 3.63) is 89.2 Å². The first-order chi connectivity index (χ1) is 14.7. The van der Waals surface area contributed by atoms with Gasteiger partial charge in [0, 0.05) is 5.69 Å². The number of rotatable bonds is 8. The van der Waals surface area contributed by atoms with E-state index in [1.807, 2.05) is 37.3 Å². The lowest BCUT2D eigenvalue weighted by Gasteiger charge is -2.15. The molecule has 3 rings (SSSR count). The zero-order chi connectivity index (χ0) is 22.4. The molecule has 3 aromatic rings. The number of sulfonamides is 1. The van der Waals surface area contributed by atoms with E-state index in [1.54, 1.807) is 0 Å². The molecule has 9 heteroatoms. The molecule has 0 fully saturated rings. The third-order valence-electron chi connectivity index (χ3n) is 4.35. The van der Waals surface area contributed by atoms with E-state index in [4.69, 9.17) is 16.3 Å². The Hall–Kier alpha value is -3.10. The van der Waals surface area contributed by atoms with E-state index < -0.39 is 15.8 Å². The molecule has 0 aliphatic rings. The zero-order valence-corrected chi connectivity index (χ0v) is 18.1. The van der Waals surface area contributed by atoms with Crippen LogP contribution in [0.25, 0.3) is 0 Å². The number of hydrogen-bond acceptors (Lipinski definition) is 4. The van der Waals surface area contributed by atoms with Crippen LogP contribution in [0.15, 0.2) is 77.7 Å². The van der Waals surface area contributed by atoms with Crippen LogP contribution in [0.5, 0.6) is 5.75 Å². The van der Waals surface area contributed by atoms with Gasteiger partial charge in [0.2, 0.25) is 0 Å². The number of amides is 1. The monoisotopic (exact) mass is 462 g/mol. The molecule has 31 heavy (non-hydrogen) atoms. The van der Waals surface area contributed by atoms with Crippen LogP contribution in [0.4, 0.5) is 10.1 Å². The van der Waals surface area contributed by atoms with Crippen molar-refractivity contribution in [2.75, 3.05) is 11.3 Å². The fourth-order valence-corrected chi connectivity index (χ4v) is 4.13. The van der Waals surface area contributed by atoms with Gasteiger partial charge in [-0.3, -0.25) is 9.52 Å². The molecule has 1 amide bonds. The lowest BCUT2D eigenvalue weighted by atomic mass is 10.1. The normalized spacial score (nSPS) is 12.1. The van der Waals surface area contributed by atoms with Crippen molar-refractivity contribution in [3.8, 4) is 5.75 Å². The number of hydrogen-bond donors (Lipinski definition) is 2. The predicted octanol–water partition coefficient (Wildman–Crippen LogP) is 4.54. The van der Waals surface area contributed by atoms with E-state index >= 15 is 0 Å². The Labute approximate surface area is 185 Å².